The molecule has 0 aliphatic carbocycles. The van der Waals surface area contributed by atoms with E-state index in [1.165, 1.54) is 0 Å². The van der Waals surface area contributed by atoms with Crippen LogP contribution >= 0.6 is 0 Å². The summed E-state index contributed by atoms with van der Waals surface area (Å²) in [6, 6.07) is 0. The van der Waals surface area contributed by atoms with Crippen LogP contribution in [0.25, 0.3) is 0 Å². The summed E-state index contributed by atoms with van der Waals surface area (Å²) in [6.45, 7) is 4.53. The lowest BCUT2D eigenvalue weighted by Crippen LogP contribution is -2.43. The lowest BCUT2D eigenvalue weighted by molar-refractivity contribution is 0.0244. The molecular weight excluding hydrogens is 186 g/mol. The Kier molecular flexibility index (Phi) is 3.71. The number of aliphatic hydroxyl groups is 1. The second-order valence-corrected chi connectivity index (χ2v) is 3.83. The van der Waals surface area contributed by atoms with Gasteiger partial charge in [-0.1, -0.05) is 0 Å². The predicted octanol–water partition coefficient (Wildman–Crippen LogP) is 0.272. The number of carbonyl (C=O) groups excluding carboxylic acids is 1. The third-order valence-corrected chi connectivity index (χ3v) is 1.99. The van der Waals surface area contributed by atoms with Crippen LogP contribution in [0, 0.1) is 0 Å². The van der Waals surface area contributed by atoms with E-state index < -0.39 is 11.7 Å². The van der Waals surface area contributed by atoms with E-state index >= 15 is 0 Å². The maximum Gasteiger partial charge on any atom is 0.407 e. The van der Waals surface area contributed by atoms with Crippen molar-refractivity contribution in [3.8, 4) is 0 Å². The Balaban J connectivity index is 2.22. The van der Waals surface area contributed by atoms with Crippen LogP contribution in [-0.2, 0) is 9.47 Å². The Morgan fingerprint density at radius 1 is 1.71 bits per heavy atom. The first-order valence-corrected chi connectivity index (χ1v) is 4.76. The van der Waals surface area contributed by atoms with Crippen LogP contribution in [0.2, 0.25) is 0 Å². The first kappa shape index (κ1) is 11.3. The summed E-state index contributed by atoms with van der Waals surface area (Å²) in [5, 5.41) is 12.3. The highest BCUT2D eigenvalue weighted by atomic mass is 16.6. The molecule has 1 rings (SSSR count). The van der Waals surface area contributed by atoms with Crippen LogP contribution in [0.4, 0.5) is 4.79 Å². The van der Waals surface area contributed by atoms with Gasteiger partial charge in [-0.05, 0) is 13.8 Å². The fourth-order valence-electron chi connectivity index (χ4n) is 1.23. The summed E-state index contributed by atoms with van der Waals surface area (Å²) >= 11 is 0. The summed E-state index contributed by atoms with van der Waals surface area (Å²) in [7, 11) is 0. The molecule has 1 aliphatic heterocycles. The summed E-state index contributed by atoms with van der Waals surface area (Å²) in [5.74, 6) is 0. The first-order valence-electron chi connectivity index (χ1n) is 4.76. The van der Waals surface area contributed by atoms with Gasteiger partial charge in [-0.3, -0.25) is 0 Å². The fraction of sp³-hybridized carbons (Fsp3) is 0.889. The molecule has 0 radical (unpaired) electrons. The third kappa shape index (κ3) is 3.51. The number of carbonyl (C=O) groups is 1. The van der Waals surface area contributed by atoms with Gasteiger partial charge in [0.05, 0.1) is 19.3 Å². The number of hydrogen-bond donors (Lipinski definition) is 2. The number of rotatable bonds is 3. The van der Waals surface area contributed by atoms with E-state index in [-0.39, 0.29) is 19.3 Å². The zero-order valence-electron chi connectivity index (χ0n) is 8.58. The Morgan fingerprint density at radius 3 is 2.93 bits per heavy atom. The van der Waals surface area contributed by atoms with Crippen molar-refractivity contribution < 1.29 is 19.4 Å². The van der Waals surface area contributed by atoms with E-state index in [0.717, 1.165) is 0 Å². The Labute approximate surface area is 83.4 Å². The van der Waals surface area contributed by atoms with Gasteiger partial charge < -0.3 is 19.9 Å². The van der Waals surface area contributed by atoms with E-state index in [9.17, 15) is 9.90 Å². The van der Waals surface area contributed by atoms with Gasteiger partial charge in [-0.2, -0.15) is 0 Å². The highest BCUT2D eigenvalue weighted by Crippen LogP contribution is 2.16. The van der Waals surface area contributed by atoms with Gasteiger partial charge in [0.2, 0.25) is 0 Å². The zero-order valence-corrected chi connectivity index (χ0v) is 8.58. The highest BCUT2D eigenvalue weighted by Gasteiger charge is 2.32. The summed E-state index contributed by atoms with van der Waals surface area (Å²) in [6.07, 6.45) is -0.0978. The summed E-state index contributed by atoms with van der Waals surface area (Å²) in [4.78, 5) is 11.1. The van der Waals surface area contributed by atoms with Crippen molar-refractivity contribution in [3.63, 3.8) is 0 Å². The Hall–Kier alpha value is -0.810. The molecule has 1 amide bonds. The third-order valence-electron chi connectivity index (χ3n) is 1.99. The average molecular weight is 203 g/mol. The lowest BCUT2D eigenvalue weighted by Gasteiger charge is -2.20. The van der Waals surface area contributed by atoms with Crippen LogP contribution in [-0.4, -0.2) is 42.7 Å². The van der Waals surface area contributed by atoms with Gasteiger partial charge in [0.25, 0.3) is 0 Å². The van der Waals surface area contributed by atoms with Gasteiger partial charge >= 0.3 is 6.09 Å². The van der Waals surface area contributed by atoms with Crippen molar-refractivity contribution in [1.29, 1.82) is 0 Å². The highest BCUT2D eigenvalue weighted by molar-refractivity contribution is 5.67. The van der Waals surface area contributed by atoms with Gasteiger partial charge in [0, 0.05) is 13.0 Å². The van der Waals surface area contributed by atoms with Crippen LogP contribution < -0.4 is 5.32 Å². The molecule has 5 heteroatoms. The zero-order chi connectivity index (χ0) is 10.6. The van der Waals surface area contributed by atoms with Crippen LogP contribution in [0.15, 0.2) is 0 Å². The average Bonchev–Trinajstić information content (AvgIpc) is 2.49. The largest absolute Gasteiger partial charge is 0.447 e. The second-order valence-electron chi connectivity index (χ2n) is 3.83. The number of alkyl carbamates (subject to hydrolysis) is 1. The molecule has 1 heterocycles. The molecule has 2 N–H and O–H groups in total. The molecule has 14 heavy (non-hydrogen) atoms. The molecule has 0 spiro atoms. The van der Waals surface area contributed by atoms with Crippen LogP contribution in [0.5, 0.6) is 0 Å². The summed E-state index contributed by atoms with van der Waals surface area (Å²) < 4.78 is 9.88. The van der Waals surface area contributed by atoms with E-state index in [1.54, 1.807) is 13.8 Å². The van der Waals surface area contributed by atoms with Crippen LogP contribution in [0.3, 0.4) is 0 Å². The fourth-order valence-corrected chi connectivity index (χ4v) is 1.23. The number of nitrogens with one attached hydrogen (secondary N) is 1. The first-order chi connectivity index (χ1) is 6.52. The number of hydrogen-bond acceptors (Lipinski definition) is 4. The quantitative estimate of drug-likeness (QED) is 0.691. The normalized spacial score (nSPS) is 26.6. The molecule has 1 saturated heterocycles. The van der Waals surface area contributed by atoms with Gasteiger partial charge in [0.1, 0.15) is 5.60 Å². The van der Waals surface area contributed by atoms with E-state index in [0.29, 0.717) is 13.0 Å². The minimum Gasteiger partial charge on any atom is -0.447 e. The van der Waals surface area contributed by atoms with Gasteiger partial charge in [-0.15, -0.1) is 0 Å². The van der Waals surface area contributed by atoms with Gasteiger partial charge in [0.15, 0.2) is 0 Å². The molecule has 0 aromatic rings. The monoisotopic (exact) mass is 203 g/mol. The standard InChI is InChI=1S/C9H17NO4/c1-7(2)14-8(11)10-5-9(12)3-4-13-6-9/h7,12H,3-6H2,1-2H3,(H,10,11). The topological polar surface area (TPSA) is 67.8 Å². The predicted molar refractivity (Wildman–Crippen MR) is 50.0 cm³/mol. The molecule has 0 aromatic carbocycles. The van der Waals surface area contributed by atoms with Crippen molar-refractivity contribution in [2.75, 3.05) is 19.8 Å². The van der Waals surface area contributed by atoms with Gasteiger partial charge in [-0.25, -0.2) is 4.79 Å². The van der Waals surface area contributed by atoms with E-state index in [4.69, 9.17) is 9.47 Å². The number of ether oxygens (including phenoxy) is 2. The van der Waals surface area contributed by atoms with Crippen molar-refractivity contribution in [2.24, 2.45) is 0 Å². The minimum absolute atomic E-state index is 0.149. The van der Waals surface area contributed by atoms with Crippen molar-refractivity contribution in [2.45, 2.75) is 32.0 Å². The molecular formula is C9H17NO4. The molecule has 5 nitrogen and oxygen atoms in total. The lowest BCUT2D eigenvalue weighted by atomic mass is 10.0. The molecule has 1 unspecified atom stereocenters. The van der Waals surface area contributed by atoms with Crippen molar-refractivity contribution in [1.82, 2.24) is 5.32 Å². The van der Waals surface area contributed by atoms with E-state index in [2.05, 4.69) is 5.32 Å². The smallest absolute Gasteiger partial charge is 0.407 e. The molecule has 0 bridgehead atoms. The molecule has 1 atom stereocenters. The van der Waals surface area contributed by atoms with E-state index in [1.807, 2.05) is 0 Å². The minimum atomic E-state index is -0.921. The molecule has 0 saturated carbocycles. The molecule has 1 aliphatic rings. The molecule has 0 aromatic heterocycles. The second kappa shape index (κ2) is 4.61. The maximum absolute atomic E-state index is 11.1. The molecule has 82 valence electrons. The maximum atomic E-state index is 11.1. The van der Waals surface area contributed by atoms with Crippen molar-refractivity contribution >= 4 is 6.09 Å². The SMILES string of the molecule is CC(C)OC(=O)NCC1(O)CCOC1. The number of amides is 1. The van der Waals surface area contributed by atoms with Crippen LogP contribution in [0.1, 0.15) is 20.3 Å². The Morgan fingerprint density at radius 2 is 2.43 bits per heavy atom. The Bertz CT molecular complexity index is 199. The molecule has 1 fully saturated rings. The summed E-state index contributed by atoms with van der Waals surface area (Å²) in [5.41, 5.74) is -0.921. The van der Waals surface area contributed by atoms with Crippen molar-refractivity contribution in [3.05, 3.63) is 0 Å².